The Labute approximate surface area is 121 Å². The third kappa shape index (κ3) is 1.90. The molecule has 1 aromatic carbocycles. The molecule has 0 aliphatic rings. The number of fused-ring (bicyclic) bond motifs is 1. The molecule has 4 aromatic rings. The molecule has 0 atom stereocenters. The van der Waals surface area contributed by atoms with Crippen molar-refractivity contribution >= 4 is 11.0 Å². The van der Waals surface area contributed by atoms with Gasteiger partial charge in [-0.05, 0) is 30.3 Å². The predicted octanol–water partition coefficient (Wildman–Crippen LogP) is 2.82. The van der Waals surface area contributed by atoms with Crippen molar-refractivity contribution in [2.45, 2.75) is 0 Å². The van der Waals surface area contributed by atoms with Gasteiger partial charge in [0.2, 0.25) is 0 Å². The monoisotopic (exact) mass is 275 g/mol. The average molecular weight is 275 g/mol. The van der Waals surface area contributed by atoms with Crippen LogP contribution in [0.15, 0.2) is 61.4 Å². The van der Waals surface area contributed by atoms with E-state index in [1.165, 1.54) is 0 Å². The molecule has 21 heavy (non-hydrogen) atoms. The molecule has 0 N–H and O–H groups in total. The summed E-state index contributed by atoms with van der Waals surface area (Å²) >= 11 is 0. The zero-order valence-electron chi connectivity index (χ0n) is 11.5. The summed E-state index contributed by atoms with van der Waals surface area (Å²) in [5.41, 5.74) is 4.14. The molecule has 3 heterocycles. The molecule has 102 valence electrons. The Morgan fingerprint density at radius 2 is 2.00 bits per heavy atom. The number of aryl methyl sites for hydroxylation is 1. The van der Waals surface area contributed by atoms with Crippen LogP contribution in [0, 0.1) is 0 Å². The van der Waals surface area contributed by atoms with E-state index in [9.17, 15) is 0 Å². The van der Waals surface area contributed by atoms with Gasteiger partial charge in [0, 0.05) is 43.1 Å². The standard InChI is InChI=1S/C16H13N5/c1-20-11-19-14-5-4-13(9-15(14)20)21-8-7-18-16(21)12-3-2-6-17-10-12/h2-11H,1H3. The first-order valence-electron chi connectivity index (χ1n) is 6.68. The van der Waals surface area contributed by atoms with E-state index in [-0.39, 0.29) is 0 Å². The minimum absolute atomic E-state index is 0.879. The molecular weight excluding hydrogens is 262 g/mol. The molecule has 0 amide bonds. The fourth-order valence-electron chi connectivity index (χ4n) is 2.48. The van der Waals surface area contributed by atoms with Crippen LogP contribution in [0.2, 0.25) is 0 Å². The highest BCUT2D eigenvalue weighted by Gasteiger charge is 2.09. The predicted molar refractivity (Wildman–Crippen MR) is 81.1 cm³/mol. The number of rotatable bonds is 2. The van der Waals surface area contributed by atoms with Crippen molar-refractivity contribution in [2.24, 2.45) is 7.05 Å². The van der Waals surface area contributed by atoms with Gasteiger partial charge in [0.15, 0.2) is 0 Å². The quantitative estimate of drug-likeness (QED) is 0.565. The zero-order valence-corrected chi connectivity index (χ0v) is 11.5. The molecule has 0 saturated heterocycles. The zero-order chi connectivity index (χ0) is 14.2. The average Bonchev–Trinajstić information content (AvgIpc) is 3.15. The van der Waals surface area contributed by atoms with Crippen molar-refractivity contribution in [3.05, 3.63) is 61.4 Å². The smallest absolute Gasteiger partial charge is 0.146 e. The minimum Gasteiger partial charge on any atom is -0.334 e. The number of pyridine rings is 1. The van der Waals surface area contributed by atoms with Crippen LogP contribution in [0.25, 0.3) is 28.1 Å². The second-order valence-electron chi connectivity index (χ2n) is 4.89. The van der Waals surface area contributed by atoms with Crippen LogP contribution < -0.4 is 0 Å². The summed E-state index contributed by atoms with van der Waals surface area (Å²) in [6.45, 7) is 0. The molecular formula is C16H13N5. The summed E-state index contributed by atoms with van der Waals surface area (Å²) in [7, 11) is 2.00. The maximum absolute atomic E-state index is 4.45. The van der Waals surface area contributed by atoms with Crippen molar-refractivity contribution < 1.29 is 0 Å². The van der Waals surface area contributed by atoms with Gasteiger partial charge in [0.25, 0.3) is 0 Å². The molecule has 3 aromatic heterocycles. The highest BCUT2D eigenvalue weighted by atomic mass is 15.1. The summed E-state index contributed by atoms with van der Waals surface area (Å²) in [5.74, 6) is 0.879. The highest BCUT2D eigenvalue weighted by molar-refractivity contribution is 5.78. The van der Waals surface area contributed by atoms with E-state index in [1.54, 1.807) is 12.4 Å². The first-order valence-corrected chi connectivity index (χ1v) is 6.68. The Bertz CT molecular complexity index is 905. The van der Waals surface area contributed by atoms with E-state index in [2.05, 4.69) is 31.7 Å². The topological polar surface area (TPSA) is 48.5 Å². The Balaban J connectivity index is 1.90. The van der Waals surface area contributed by atoms with E-state index in [0.717, 1.165) is 28.1 Å². The summed E-state index contributed by atoms with van der Waals surface area (Å²) in [5, 5.41) is 0. The van der Waals surface area contributed by atoms with Crippen LogP contribution in [0.3, 0.4) is 0 Å². The van der Waals surface area contributed by atoms with E-state index in [4.69, 9.17) is 0 Å². The van der Waals surface area contributed by atoms with Crippen molar-refractivity contribution in [1.29, 1.82) is 0 Å². The van der Waals surface area contributed by atoms with E-state index in [1.807, 2.05) is 48.5 Å². The molecule has 4 rings (SSSR count). The summed E-state index contributed by atoms with van der Waals surface area (Å²) in [6, 6.07) is 10.1. The molecule has 5 nitrogen and oxygen atoms in total. The number of hydrogen-bond acceptors (Lipinski definition) is 3. The normalized spacial score (nSPS) is 11.1. The largest absolute Gasteiger partial charge is 0.334 e. The molecule has 0 aliphatic heterocycles. The van der Waals surface area contributed by atoms with Crippen molar-refractivity contribution in [3.63, 3.8) is 0 Å². The van der Waals surface area contributed by atoms with Gasteiger partial charge < -0.3 is 4.57 Å². The maximum Gasteiger partial charge on any atom is 0.146 e. The lowest BCUT2D eigenvalue weighted by Gasteiger charge is -2.08. The first-order chi connectivity index (χ1) is 10.3. The van der Waals surface area contributed by atoms with Gasteiger partial charge in [-0.1, -0.05) is 0 Å². The second kappa shape index (κ2) is 4.56. The van der Waals surface area contributed by atoms with Gasteiger partial charge >= 0.3 is 0 Å². The van der Waals surface area contributed by atoms with Crippen LogP contribution in [-0.2, 0) is 7.05 Å². The lowest BCUT2D eigenvalue weighted by molar-refractivity contribution is 0.945. The van der Waals surface area contributed by atoms with Gasteiger partial charge in [-0.25, -0.2) is 9.97 Å². The SMILES string of the molecule is Cn1cnc2ccc(-n3ccnc3-c3cccnc3)cc21. The number of benzene rings is 1. The number of imidazole rings is 2. The molecule has 0 radical (unpaired) electrons. The fraction of sp³-hybridized carbons (Fsp3) is 0.0625. The van der Waals surface area contributed by atoms with Gasteiger partial charge in [-0.3, -0.25) is 9.55 Å². The van der Waals surface area contributed by atoms with Crippen molar-refractivity contribution in [3.8, 4) is 17.1 Å². The fourth-order valence-corrected chi connectivity index (χ4v) is 2.48. The third-order valence-corrected chi connectivity index (χ3v) is 3.55. The third-order valence-electron chi connectivity index (χ3n) is 3.55. The minimum atomic E-state index is 0.879. The van der Waals surface area contributed by atoms with Crippen molar-refractivity contribution in [2.75, 3.05) is 0 Å². The molecule has 5 heteroatoms. The molecule has 0 unspecified atom stereocenters. The van der Waals surface area contributed by atoms with Crippen molar-refractivity contribution in [1.82, 2.24) is 24.1 Å². The van der Waals surface area contributed by atoms with Gasteiger partial charge in [-0.2, -0.15) is 0 Å². The van der Waals surface area contributed by atoms with Gasteiger partial charge in [-0.15, -0.1) is 0 Å². The molecule has 0 bridgehead atoms. The number of nitrogens with zero attached hydrogens (tertiary/aromatic N) is 5. The van der Waals surface area contributed by atoms with Crippen LogP contribution in [0.5, 0.6) is 0 Å². The van der Waals surface area contributed by atoms with E-state index < -0.39 is 0 Å². The van der Waals surface area contributed by atoms with Crippen LogP contribution in [-0.4, -0.2) is 24.1 Å². The lowest BCUT2D eigenvalue weighted by atomic mass is 10.2. The molecule has 0 aliphatic carbocycles. The Morgan fingerprint density at radius 1 is 1.05 bits per heavy atom. The highest BCUT2D eigenvalue weighted by Crippen LogP contribution is 2.23. The van der Waals surface area contributed by atoms with Crippen LogP contribution in [0.1, 0.15) is 0 Å². The molecule has 0 spiro atoms. The van der Waals surface area contributed by atoms with E-state index in [0.29, 0.717) is 0 Å². The van der Waals surface area contributed by atoms with Gasteiger partial charge in [0.05, 0.1) is 17.4 Å². The summed E-state index contributed by atoms with van der Waals surface area (Å²) in [4.78, 5) is 13.0. The molecule has 0 fully saturated rings. The Kier molecular flexibility index (Phi) is 2.57. The van der Waals surface area contributed by atoms with Crippen LogP contribution in [0.4, 0.5) is 0 Å². The molecule has 0 saturated carbocycles. The summed E-state index contributed by atoms with van der Waals surface area (Å²) < 4.78 is 4.07. The second-order valence-corrected chi connectivity index (χ2v) is 4.89. The number of aromatic nitrogens is 5. The number of hydrogen-bond donors (Lipinski definition) is 0. The lowest BCUT2D eigenvalue weighted by Crippen LogP contribution is -1.97. The first kappa shape index (κ1) is 11.8. The Hall–Kier alpha value is -2.95. The Morgan fingerprint density at radius 3 is 2.86 bits per heavy atom. The maximum atomic E-state index is 4.45. The van der Waals surface area contributed by atoms with Gasteiger partial charge in [0.1, 0.15) is 5.82 Å². The van der Waals surface area contributed by atoms with E-state index >= 15 is 0 Å². The van der Waals surface area contributed by atoms with Crippen LogP contribution >= 0.6 is 0 Å². The summed E-state index contributed by atoms with van der Waals surface area (Å²) in [6.07, 6.45) is 9.17.